The summed E-state index contributed by atoms with van der Waals surface area (Å²) >= 11 is 6.16. The highest BCUT2D eigenvalue weighted by Gasteiger charge is 2.34. The third kappa shape index (κ3) is 12.0. The van der Waals surface area contributed by atoms with Gasteiger partial charge in [0, 0.05) is 114 Å². The molecule has 0 aliphatic carbocycles. The van der Waals surface area contributed by atoms with E-state index < -0.39 is 30.6 Å². The number of carbonyl (C=O) groups excluding carboxylic acids is 2. The van der Waals surface area contributed by atoms with Gasteiger partial charge in [-0.05, 0) is 67.8 Å². The summed E-state index contributed by atoms with van der Waals surface area (Å²) in [5, 5.41) is 38.0. The van der Waals surface area contributed by atoms with Gasteiger partial charge < -0.3 is 29.6 Å². The summed E-state index contributed by atoms with van der Waals surface area (Å²) in [6.45, 7) is 7.70. The van der Waals surface area contributed by atoms with E-state index in [9.17, 15) is 35.9 Å². The lowest BCUT2D eigenvalue weighted by molar-refractivity contribution is -0.138. The summed E-state index contributed by atoms with van der Waals surface area (Å²) < 4.78 is 74.9. The van der Waals surface area contributed by atoms with Gasteiger partial charge in [-0.25, -0.2) is 0 Å². The van der Waals surface area contributed by atoms with Gasteiger partial charge in [0.15, 0.2) is 16.8 Å². The normalized spacial score (nSPS) is 16.0. The van der Waals surface area contributed by atoms with Crippen LogP contribution in [0, 0.1) is 0 Å². The van der Waals surface area contributed by atoms with Crippen LogP contribution in [0.2, 0.25) is 5.15 Å². The summed E-state index contributed by atoms with van der Waals surface area (Å²) in [6, 6.07) is 30.8. The predicted molar refractivity (Wildman–Crippen MR) is 270 cm³/mol. The maximum absolute atomic E-state index is 13.0. The van der Waals surface area contributed by atoms with Gasteiger partial charge >= 0.3 is 19.5 Å². The quantitative estimate of drug-likeness (QED) is 0.121. The number of amides is 2. The predicted octanol–water partition coefficient (Wildman–Crippen LogP) is 8.48. The number of rotatable bonds is 6. The highest BCUT2D eigenvalue weighted by molar-refractivity contribution is 6.58. The Morgan fingerprint density at radius 3 is 1.43 bits per heavy atom. The first-order valence-corrected chi connectivity index (χ1v) is 23.6. The molecule has 4 aromatic heterocycles. The zero-order chi connectivity index (χ0) is 52.7. The van der Waals surface area contributed by atoms with Gasteiger partial charge in [-0.3, -0.25) is 19.6 Å². The van der Waals surface area contributed by atoms with E-state index in [0.29, 0.717) is 72.6 Å². The summed E-state index contributed by atoms with van der Waals surface area (Å²) in [5.41, 5.74) is 0.918. The standard InChI is InChI=1S/C26H22F3N5O.C19H18ClN5O.C7H6BF3O2/c1-17-16-33(13-14-34(17)25(35)19-5-3-2-4-6-19)24-22-15-30-12-11-21(22)23(31-32-24)18-7-9-20(10-8-18)26(27,28)29;1-13-12-24(9-10-25(13)19(26)14-5-3-2-4-6-14)18-16-11-21-8-7-15(16)17(20)22-23-18;9-7(10,11)5-1-3-6(4-2-5)8(12)13/h2-12,15,17H,13-14,16H2,1H3;2-8,11,13H,9-10,12H2,1H3;1-4,12-13H/t17-;13-;/m00./s1. The molecule has 2 atom stereocenters. The molecule has 2 N–H and O–H groups in total. The third-order valence-electron chi connectivity index (χ3n) is 12.5. The average molecular weight is 1040 g/mol. The van der Waals surface area contributed by atoms with Crippen molar-refractivity contribution in [1.29, 1.82) is 0 Å². The lowest BCUT2D eigenvalue weighted by atomic mass is 9.80. The molecule has 0 saturated carbocycles. The minimum absolute atomic E-state index is 0.00647. The number of aromatic nitrogens is 6. The second-order valence-corrected chi connectivity index (χ2v) is 17.8. The molecule has 2 saturated heterocycles. The molecule has 8 aromatic rings. The molecule has 14 nitrogen and oxygen atoms in total. The van der Waals surface area contributed by atoms with Crippen LogP contribution < -0.4 is 15.3 Å². The van der Waals surface area contributed by atoms with Crippen LogP contribution in [0.3, 0.4) is 0 Å². The minimum atomic E-state index is -4.40. The van der Waals surface area contributed by atoms with Crippen LogP contribution in [-0.4, -0.2) is 120 Å². The average Bonchev–Trinajstić information content (AvgIpc) is 3.41. The Bertz CT molecular complexity index is 3220. The van der Waals surface area contributed by atoms with Gasteiger partial charge in [0.1, 0.15) is 5.69 Å². The second-order valence-electron chi connectivity index (χ2n) is 17.4. The van der Waals surface area contributed by atoms with Gasteiger partial charge in [0.25, 0.3) is 11.8 Å². The number of anilines is 2. The number of piperazine rings is 2. The van der Waals surface area contributed by atoms with Crippen LogP contribution in [0.15, 0.2) is 146 Å². The Morgan fingerprint density at radius 2 is 0.986 bits per heavy atom. The van der Waals surface area contributed by atoms with Crippen molar-refractivity contribution in [3.05, 3.63) is 174 Å². The van der Waals surface area contributed by atoms with Crippen molar-refractivity contribution in [3.8, 4) is 11.3 Å². The number of nitrogens with zero attached hydrogens (tertiary/aromatic N) is 10. The molecule has 4 aromatic carbocycles. The zero-order valence-electron chi connectivity index (χ0n) is 39.7. The first kappa shape index (κ1) is 52.6. The number of fused-ring (bicyclic) bond motifs is 2. The van der Waals surface area contributed by atoms with Crippen molar-refractivity contribution in [1.82, 2.24) is 40.2 Å². The lowest BCUT2D eigenvalue weighted by Crippen LogP contribution is -2.54. The first-order chi connectivity index (χ1) is 35.4. The fourth-order valence-electron chi connectivity index (χ4n) is 8.67. The maximum Gasteiger partial charge on any atom is 0.488 e. The molecule has 0 spiro atoms. The van der Waals surface area contributed by atoms with E-state index in [4.69, 9.17) is 21.6 Å². The summed E-state index contributed by atoms with van der Waals surface area (Å²) in [6.07, 6.45) is -2.02. The molecule has 22 heteroatoms. The van der Waals surface area contributed by atoms with Gasteiger partial charge in [0.2, 0.25) is 0 Å². The van der Waals surface area contributed by atoms with Crippen LogP contribution in [0.1, 0.15) is 45.7 Å². The highest BCUT2D eigenvalue weighted by atomic mass is 35.5. The van der Waals surface area contributed by atoms with Gasteiger partial charge in [-0.2, -0.15) is 26.3 Å². The lowest BCUT2D eigenvalue weighted by Gasteiger charge is -2.40. The van der Waals surface area contributed by atoms with Crippen LogP contribution in [0.4, 0.5) is 38.0 Å². The van der Waals surface area contributed by atoms with E-state index in [0.717, 1.165) is 63.8 Å². The Labute approximate surface area is 426 Å². The smallest absolute Gasteiger partial charge is 0.423 e. The zero-order valence-corrected chi connectivity index (χ0v) is 40.4. The molecular weight excluding hydrogens is 989 g/mol. The number of carbonyl (C=O) groups is 2. The topological polar surface area (TPSA) is 165 Å². The molecule has 380 valence electrons. The highest BCUT2D eigenvalue weighted by Crippen LogP contribution is 2.35. The van der Waals surface area contributed by atoms with E-state index in [-0.39, 0.29) is 29.4 Å². The summed E-state index contributed by atoms with van der Waals surface area (Å²) in [7, 11) is -1.73. The van der Waals surface area contributed by atoms with E-state index in [2.05, 4.69) is 47.1 Å². The van der Waals surface area contributed by atoms with Crippen molar-refractivity contribution in [3.63, 3.8) is 0 Å². The Morgan fingerprint density at radius 1 is 0.554 bits per heavy atom. The molecule has 6 heterocycles. The fraction of sp³-hybridized carbons (Fsp3) is 0.231. The molecule has 0 radical (unpaired) electrons. The van der Waals surface area contributed by atoms with Crippen molar-refractivity contribution >= 4 is 69.2 Å². The Kier molecular flexibility index (Phi) is 16.0. The SMILES string of the molecule is C[C@H]1CN(c2nnc(-c3ccc(C(F)(F)F)cc3)c3ccncc23)CCN1C(=O)c1ccccc1.C[C@H]1CN(c2nnc(Cl)c3ccncc23)CCN1C(=O)c1ccccc1.OB(O)c1ccc(C(F)(F)F)cc1. The molecule has 2 fully saturated rings. The van der Waals surface area contributed by atoms with Crippen molar-refractivity contribution in [2.75, 3.05) is 49.1 Å². The number of alkyl halides is 6. The van der Waals surface area contributed by atoms with Crippen molar-refractivity contribution < 1.29 is 46.0 Å². The number of halogens is 7. The van der Waals surface area contributed by atoms with Gasteiger partial charge in [0.05, 0.1) is 11.1 Å². The fourth-order valence-corrected chi connectivity index (χ4v) is 8.88. The molecule has 2 aliphatic heterocycles. The molecule has 2 aliphatic rings. The molecule has 0 bridgehead atoms. The molecular formula is C52H46BClF6N10O4. The number of benzene rings is 4. The van der Waals surface area contributed by atoms with Crippen LogP contribution in [-0.2, 0) is 12.4 Å². The first-order valence-electron chi connectivity index (χ1n) is 23.2. The summed E-state index contributed by atoms with van der Waals surface area (Å²) in [4.78, 5) is 42.1. The van der Waals surface area contributed by atoms with E-state index in [1.807, 2.05) is 83.5 Å². The number of hydrogen-bond acceptors (Lipinski definition) is 12. The van der Waals surface area contributed by atoms with Crippen LogP contribution in [0.25, 0.3) is 32.8 Å². The Balaban J connectivity index is 0.000000164. The largest absolute Gasteiger partial charge is 0.488 e. The van der Waals surface area contributed by atoms with Gasteiger partial charge in [-0.15, -0.1) is 20.4 Å². The Hall–Kier alpha value is -7.75. The third-order valence-corrected chi connectivity index (χ3v) is 12.8. The monoisotopic (exact) mass is 1030 g/mol. The summed E-state index contributed by atoms with van der Waals surface area (Å²) in [5.74, 6) is 1.46. The van der Waals surface area contributed by atoms with Crippen molar-refractivity contribution in [2.24, 2.45) is 0 Å². The van der Waals surface area contributed by atoms with Crippen LogP contribution >= 0.6 is 11.6 Å². The molecule has 2 amide bonds. The van der Waals surface area contributed by atoms with Gasteiger partial charge in [-0.1, -0.05) is 84.4 Å². The van der Waals surface area contributed by atoms with E-state index >= 15 is 0 Å². The molecule has 0 unspecified atom stereocenters. The minimum Gasteiger partial charge on any atom is -0.423 e. The maximum atomic E-state index is 13.0. The van der Waals surface area contributed by atoms with Crippen LogP contribution in [0.5, 0.6) is 0 Å². The van der Waals surface area contributed by atoms with Crippen molar-refractivity contribution in [2.45, 2.75) is 38.3 Å². The van der Waals surface area contributed by atoms with E-state index in [1.54, 1.807) is 30.9 Å². The molecule has 10 rings (SSSR count). The number of pyridine rings is 2. The van der Waals surface area contributed by atoms with E-state index in [1.165, 1.54) is 12.1 Å². The molecule has 74 heavy (non-hydrogen) atoms. The number of hydrogen-bond donors (Lipinski definition) is 2. The second kappa shape index (κ2) is 22.6.